The Labute approximate surface area is 115 Å². The molecule has 0 spiro atoms. The van der Waals surface area contributed by atoms with Gasteiger partial charge in [-0.25, -0.2) is 0 Å². The molecule has 0 aromatic heterocycles. The molecule has 0 radical (unpaired) electrons. The average molecular weight is 261 g/mol. The van der Waals surface area contributed by atoms with E-state index in [1.54, 1.807) is 6.92 Å². The molecule has 0 unspecified atom stereocenters. The molecule has 0 aliphatic heterocycles. The zero-order valence-electron chi connectivity index (χ0n) is 11.9. The Hall–Kier alpha value is -1.35. The molecule has 19 heavy (non-hydrogen) atoms. The molecule has 3 nitrogen and oxygen atoms in total. The molecule has 1 aliphatic rings. The van der Waals surface area contributed by atoms with Crippen LogP contribution in [0.2, 0.25) is 0 Å². The molecule has 3 atom stereocenters. The van der Waals surface area contributed by atoms with Crippen molar-refractivity contribution in [1.82, 2.24) is 5.32 Å². The summed E-state index contributed by atoms with van der Waals surface area (Å²) in [4.78, 5) is 12.0. The highest BCUT2D eigenvalue weighted by molar-refractivity contribution is 5.83. The van der Waals surface area contributed by atoms with E-state index >= 15 is 0 Å². The Bertz CT molecular complexity index is 468. The molecule has 104 valence electrons. The van der Waals surface area contributed by atoms with Crippen molar-refractivity contribution in [1.29, 1.82) is 0 Å². The van der Waals surface area contributed by atoms with E-state index in [-0.39, 0.29) is 11.8 Å². The minimum atomic E-state index is -0.803. The number of carbonyl (C=O) groups is 1. The van der Waals surface area contributed by atoms with Gasteiger partial charge in [0.15, 0.2) is 0 Å². The van der Waals surface area contributed by atoms with Crippen molar-refractivity contribution in [2.24, 2.45) is 5.92 Å². The Kier molecular flexibility index (Phi) is 3.95. The summed E-state index contributed by atoms with van der Waals surface area (Å²) in [5.74, 6) is 0.503. The molecular formula is C16H23NO2. The van der Waals surface area contributed by atoms with Crippen LogP contribution in [0.5, 0.6) is 0 Å². The maximum Gasteiger partial charge on any atom is 0.223 e. The van der Waals surface area contributed by atoms with Crippen molar-refractivity contribution in [3.63, 3.8) is 0 Å². The van der Waals surface area contributed by atoms with Crippen LogP contribution in [0.25, 0.3) is 0 Å². The minimum absolute atomic E-state index is 0.0713. The molecule has 1 aromatic rings. The Balaban J connectivity index is 1.89. The highest BCUT2D eigenvalue weighted by Gasteiger charge is 2.44. The Morgan fingerprint density at radius 2 is 2.16 bits per heavy atom. The predicted octanol–water partition coefficient (Wildman–Crippen LogP) is 2.38. The SMILES string of the molecule is CC[C@](C)(O)CNC(=O)[C@@H]1C[C@H]1c1ccccc1C. The molecule has 2 N–H and O–H groups in total. The van der Waals surface area contributed by atoms with Gasteiger partial charge in [-0.05, 0) is 43.7 Å². The van der Waals surface area contributed by atoms with E-state index < -0.39 is 5.60 Å². The number of rotatable bonds is 5. The van der Waals surface area contributed by atoms with E-state index in [9.17, 15) is 9.90 Å². The number of amides is 1. The van der Waals surface area contributed by atoms with Gasteiger partial charge in [0.05, 0.1) is 5.60 Å². The second-order valence-electron chi connectivity index (χ2n) is 5.87. The number of carbonyl (C=O) groups excluding carboxylic acids is 1. The largest absolute Gasteiger partial charge is 0.388 e. The molecule has 0 bridgehead atoms. The molecule has 1 fully saturated rings. The Morgan fingerprint density at radius 3 is 2.79 bits per heavy atom. The van der Waals surface area contributed by atoms with Crippen molar-refractivity contribution in [3.05, 3.63) is 35.4 Å². The standard InChI is InChI=1S/C16H23NO2/c1-4-16(3,19)10-17-15(18)14-9-13(14)12-8-6-5-7-11(12)2/h5-8,13-14,19H,4,9-10H2,1-3H3,(H,17,18)/t13-,14+,16-/m0/s1. The second kappa shape index (κ2) is 5.33. The van der Waals surface area contributed by atoms with Crippen molar-refractivity contribution >= 4 is 5.91 Å². The number of hydrogen-bond donors (Lipinski definition) is 2. The summed E-state index contributed by atoms with van der Waals surface area (Å²) in [6.45, 7) is 6.09. The monoisotopic (exact) mass is 261 g/mol. The fourth-order valence-corrected chi connectivity index (χ4v) is 2.36. The van der Waals surface area contributed by atoms with E-state index in [0.29, 0.717) is 18.9 Å². The first-order chi connectivity index (χ1) is 8.94. The van der Waals surface area contributed by atoms with Crippen molar-refractivity contribution < 1.29 is 9.90 Å². The van der Waals surface area contributed by atoms with Gasteiger partial charge >= 0.3 is 0 Å². The molecule has 2 rings (SSSR count). The lowest BCUT2D eigenvalue weighted by Crippen LogP contribution is -2.40. The summed E-state index contributed by atoms with van der Waals surface area (Å²) < 4.78 is 0. The molecule has 0 heterocycles. The van der Waals surface area contributed by atoms with Gasteiger partial charge in [-0.15, -0.1) is 0 Å². The second-order valence-corrected chi connectivity index (χ2v) is 5.87. The summed E-state index contributed by atoms with van der Waals surface area (Å²) in [5, 5.41) is 12.8. The number of aliphatic hydroxyl groups is 1. The minimum Gasteiger partial charge on any atom is -0.388 e. The third-order valence-corrected chi connectivity index (χ3v) is 4.12. The van der Waals surface area contributed by atoms with Crippen LogP contribution >= 0.6 is 0 Å². The van der Waals surface area contributed by atoms with E-state index in [0.717, 1.165) is 6.42 Å². The van der Waals surface area contributed by atoms with Gasteiger partial charge in [-0.2, -0.15) is 0 Å². The predicted molar refractivity (Wildman–Crippen MR) is 76.0 cm³/mol. The summed E-state index contributed by atoms with van der Waals surface area (Å²) in [7, 11) is 0. The van der Waals surface area contributed by atoms with Crippen molar-refractivity contribution in [3.8, 4) is 0 Å². The molecular weight excluding hydrogens is 238 g/mol. The molecule has 3 heteroatoms. The summed E-state index contributed by atoms with van der Waals surface area (Å²) >= 11 is 0. The van der Waals surface area contributed by atoms with Crippen molar-refractivity contribution in [2.75, 3.05) is 6.54 Å². The van der Waals surface area contributed by atoms with Crippen LogP contribution in [-0.4, -0.2) is 23.2 Å². The molecule has 1 aromatic carbocycles. The van der Waals surface area contributed by atoms with Crippen LogP contribution in [0.4, 0.5) is 0 Å². The summed E-state index contributed by atoms with van der Waals surface area (Å²) in [6, 6.07) is 8.24. The number of benzene rings is 1. The van der Waals surface area contributed by atoms with E-state index in [2.05, 4.69) is 24.4 Å². The Morgan fingerprint density at radius 1 is 1.47 bits per heavy atom. The fraction of sp³-hybridized carbons (Fsp3) is 0.562. The van der Waals surface area contributed by atoms with Crippen LogP contribution in [0.3, 0.4) is 0 Å². The van der Waals surface area contributed by atoms with Crippen molar-refractivity contribution in [2.45, 2.75) is 45.1 Å². The van der Waals surface area contributed by atoms with E-state index in [1.165, 1.54) is 11.1 Å². The van der Waals surface area contributed by atoms with Gasteiger partial charge < -0.3 is 10.4 Å². The maximum absolute atomic E-state index is 12.0. The quantitative estimate of drug-likeness (QED) is 0.855. The number of aryl methyl sites for hydroxylation is 1. The van der Waals surface area contributed by atoms with E-state index in [4.69, 9.17) is 0 Å². The number of hydrogen-bond acceptors (Lipinski definition) is 2. The lowest BCUT2D eigenvalue weighted by atomic mass is 10.0. The van der Waals surface area contributed by atoms with Gasteiger partial charge in [0.1, 0.15) is 0 Å². The first-order valence-corrected chi connectivity index (χ1v) is 7.00. The highest BCUT2D eigenvalue weighted by atomic mass is 16.3. The van der Waals surface area contributed by atoms with Crippen LogP contribution in [0.15, 0.2) is 24.3 Å². The third-order valence-electron chi connectivity index (χ3n) is 4.12. The van der Waals surface area contributed by atoms with Crippen LogP contribution in [-0.2, 0) is 4.79 Å². The molecule has 1 aliphatic carbocycles. The van der Waals surface area contributed by atoms with Crippen LogP contribution in [0.1, 0.15) is 43.7 Å². The summed E-state index contributed by atoms with van der Waals surface area (Å²) in [5.41, 5.74) is 1.73. The first kappa shape index (κ1) is 14.1. The third kappa shape index (κ3) is 3.35. The van der Waals surface area contributed by atoms with Crippen LogP contribution < -0.4 is 5.32 Å². The lowest BCUT2D eigenvalue weighted by Gasteiger charge is -2.21. The van der Waals surface area contributed by atoms with Gasteiger partial charge in [0.2, 0.25) is 5.91 Å². The maximum atomic E-state index is 12.0. The topological polar surface area (TPSA) is 49.3 Å². The van der Waals surface area contributed by atoms with Gasteiger partial charge in [-0.3, -0.25) is 4.79 Å². The lowest BCUT2D eigenvalue weighted by molar-refractivity contribution is -0.123. The summed E-state index contributed by atoms with van der Waals surface area (Å²) in [6.07, 6.45) is 1.56. The fourth-order valence-electron chi connectivity index (χ4n) is 2.36. The zero-order chi connectivity index (χ0) is 14.0. The normalized spacial score (nSPS) is 24.6. The first-order valence-electron chi connectivity index (χ1n) is 7.00. The molecule has 1 saturated carbocycles. The van der Waals surface area contributed by atoms with Gasteiger partial charge in [-0.1, -0.05) is 31.2 Å². The van der Waals surface area contributed by atoms with E-state index in [1.807, 2.05) is 19.1 Å². The van der Waals surface area contributed by atoms with Crippen LogP contribution in [0, 0.1) is 12.8 Å². The number of nitrogens with one attached hydrogen (secondary N) is 1. The molecule has 1 amide bonds. The van der Waals surface area contributed by atoms with Gasteiger partial charge in [0.25, 0.3) is 0 Å². The average Bonchev–Trinajstić information content (AvgIpc) is 3.17. The highest BCUT2D eigenvalue weighted by Crippen LogP contribution is 2.48. The van der Waals surface area contributed by atoms with Gasteiger partial charge in [0, 0.05) is 12.5 Å². The zero-order valence-corrected chi connectivity index (χ0v) is 11.9. The smallest absolute Gasteiger partial charge is 0.223 e. The molecule has 0 saturated heterocycles.